The molecule has 0 fully saturated rings. The quantitative estimate of drug-likeness (QED) is 0.612. The first-order valence-corrected chi connectivity index (χ1v) is 8.58. The van der Waals surface area contributed by atoms with Gasteiger partial charge in [-0.25, -0.2) is 14.8 Å². The highest BCUT2D eigenvalue weighted by Crippen LogP contribution is 2.31. The van der Waals surface area contributed by atoms with Gasteiger partial charge in [0.15, 0.2) is 11.5 Å². The van der Waals surface area contributed by atoms with E-state index in [4.69, 9.17) is 45.3 Å². The fourth-order valence-electron chi connectivity index (χ4n) is 2.18. The Morgan fingerprint density at radius 3 is 2.46 bits per heavy atom. The smallest absolute Gasteiger partial charge is 0.359 e. The van der Waals surface area contributed by atoms with E-state index >= 15 is 0 Å². The highest BCUT2D eigenvalue weighted by molar-refractivity contribution is 6.37. The first-order chi connectivity index (χ1) is 12.5. The lowest BCUT2D eigenvalue weighted by Gasteiger charge is -2.10. The molecule has 2 N–H and O–H groups in total. The van der Waals surface area contributed by atoms with Gasteiger partial charge in [0.05, 0.1) is 5.02 Å². The summed E-state index contributed by atoms with van der Waals surface area (Å²) in [5.41, 5.74) is 7.00. The molecule has 1 heterocycles. The topological polar surface area (TPSA) is 78.1 Å². The monoisotopic (exact) mass is 407 g/mol. The van der Waals surface area contributed by atoms with Gasteiger partial charge in [-0.1, -0.05) is 65.1 Å². The molecule has 132 valence electrons. The van der Waals surface area contributed by atoms with E-state index in [0.29, 0.717) is 15.6 Å². The summed E-state index contributed by atoms with van der Waals surface area (Å²) in [5, 5.41) is 0.711. The van der Waals surface area contributed by atoms with Gasteiger partial charge in [-0.3, -0.25) is 0 Å². The van der Waals surface area contributed by atoms with Crippen LogP contribution in [0, 0.1) is 0 Å². The third-order valence-corrected chi connectivity index (χ3v) is 4.38. The van der Waals surface area contributed by atoms with Crippen LogP contribution >= 0.6 is 34.8 Å². The predicted octanol–water partition coefficient (Wildman–Crippen LogP) is 5.04. The Kier molecular flexibility index (Phi) is 5.61. The second kappa shape index (κ2) is 7.91. The molecule has 1 aromatic heterocycles. The summed E-state index contributed by atoms with van der Waals surface area (Å²) in [7, 11) is 0. The Morgan fingerprint density at radius 2 is 1.77 bits per heavy atom. The maximum Gasteiger partial charge on any atom is 0.359 e. The number of benzene rings is 2. The molecule has 0 spiro atoms. The zero-order valence-electron chi connectivity index (χ0n) is 13.2. The summed E-state index contributed by atoms with van der Waals surface area (Å²) in [4.78, 5) is 20.7. The second-order valence-corrected chi connectivity index (χ2v) is 6.50. The Hall–Kier alpha value is -2.34. The van der Waals surface area contributed by atoms with Gasteiger partial charge >= 0.3 is 5.97 Å². The van der Waals surface area contributed by atoms with E-state index in [-0.39, 0.29) is 29.0 Å². The number of hydrogen-bond donors (Lipinski definition) is 1. The molecule has 3 aromatic rings. The van der Waals surface area contributed by atoms with Crippen molar-refractivity contribution in [3.63, 3.8) is 0 Å². The summed E-state index contributed by atoms with van der Waals surface area (Å²) in [5.74, 6) is -0.603. The van der Waals surface area contributed by atoms with Crippen molar-refractivity contribution in [2.45, 2.75) is 6.61 Å². The largest absolute Gasteiger partial charge is 0.456 e. The van der Waals surface area contributed by atoms with Gasteiger partial charge in [-0.2, -0.15) is 0 Å². The Bertz CT molecular complexity index is 965. The standard InChI is InChI=1S/C18H12Cl3N3O2/c19-11-6-7-12(13(20)8-11)17-23-15(14(21)16(22)24-17)18(25)26-9-10-4-2-1-3-5-10/h1-8H,9H2,(H2,22,23,24). The van der Waals surface area contributed by atoms with Crippen molar-refractivity contribution in [2.24, 2.45) is 0 Å². The van der Waals surface area contributed by atoms with E-state index in [0.717, 1.165) is 5.56 Å². The van der Waals surface area contributed by atoms with Crippen LogP contribution in [-0.2, 0) is 11.3 Å². The molecule has 0 radical (unpaired) electrons. The third-order valence-electron chi connectivity index (χ3n) is 3.45. The lowest BCUT2D eigenvalue weighted by Crippen LogP contribution is -2.12. The summed E-state index contributed by atoms with van der Waals surface area (Å²) in [6.45, 7) is 0.0803. The molecule has 0 unspecified atom stereocenters. The molecule has 0 amide bonds. The first kappa shape index (κ1) is 18.5. The van der Waals surface area contributed by atoms with Gasteiger partial charge in [0, 0.05) is 10.6 Å². The van der Waals surface area contributed by atoms with E-state index < -0.39 is 5.97 Å². The lowest BCUT2D eigenvalue weighted by molar-refractivity contribution is 0.0466. The summed E-state index contributed by atoms with van der Waals surface area (Å²) in [6, 6.07) is 14.0. The van der Waals surface area contributed by atoms with Gasteiger partial charge < -0.3 is 10.5 Å². The van der Waals surface area contributed by atoms with Crippen molar-refractivity contribution in [2.75, 3.05) is 5.73 Å². The van der Waals surface area contributed by atoms with E-state index in [2.05, 4.69) is 9.97 Å². The fourth-order valence-corrected chi connectivity index (χ4v) is 2.84. The SMILES string of the molecule is Nc1nc(-c2ccc(Cl)cc2Cl)nc(C(=O)OCc2ccccc2)c1Cl. The van der Waals surface area contributed by atoms with E-state index in [9.17, 15) is 4.79 Å². The number of aromatic nitrogens is 2. The average molecular weight is 409 g/mol. The highest BCUT2D eigenvalue weighted by atomic mass is 35.5. The van der Waals surface area contributed by atoms with Gasteiger partial charge in [0.25, 0.3) is 0 Å². The minimum absolute atomic E-state index is 0.0469. The van der Waals surface area contributed by atoms with Crippen molar-refractivity contribution in [3.8, 4) is 11.4 Å². The van der Waals surface area contributed by atoms with Crippen LogP contribution in [0.1, 0.15) is 16.1 Å². The van der Waals surface area contributed by atoms with Crippen molar-refractivity contribution in [3.05, 3.63) is 74.9 Å². The molecular formula is C18H12Cl3N3O2. The summed E-state index contributed by atoms with van der Waals surface area (Å²) in [6.07, 6.45) is 0. The number of halogens is 3. The Balaban J connectivity index is 1.91. The maximum absolute atomic E-state index is 12.4. The number of nitrogens with zero attached hydrogens (tertiary/aromatic N) is 2. The molecule has 8 heteroatoms. The molecule has 3 rings (SSSR count). The normalized spacial score (nSPS) is 10.6. The summed E-state index contributed by atoms with van der Waals surface area (Å²) < 4.78 is 5.27. The van der Waals surface area contributed by atoms with Crippen LogP contribution in [-0.4, -0.2) is 15.9 Å². The molecule has 5 nitrogen and oxygen atoms in total. The molecule has 26 heavy (non-hydrogen) atoms. The van der Waals surface area contributed by atoms with Crippen molar-refractivity contribution < 1.29 is 9.53 Å². The number of nitrogen functional groups attached to an aromatic ring is 1. The molecule has 0 aliphatic carbocycles. The van der Waals surface area contributed by atoms with Crippen LogP contribution in [0.5, 0.6) is 0 Å². The molecule has 0 atom stereocenters. The minimum Gasteiger partial charge on any atom is -0.456 e. The van der Waals surface area contributed by atoms with E-state index in [1.54, 1.807) is 18.2 Å². The lowest BCUT2D eigenvalue weighted by atomic mass is 10.2. The van der Waals surface area contributed by atoms with Crippen molar-refractivity contribution in [1.29, 1.82) is 0 Å². The Labute approximate surface area is 164 Å². The van der Waals surface area contributed by atoms with Crippen molar-refractivity contribution in [1.82, 2.24) is 9.97 Å². The number of anilines is 1. The van der Waals surface area contributed by atoms with Crippen LogP contribution in [0.2, 0.25) is 15.1 Å². The first-order valence-electron chi connectivity index (χ1n) is 7.45. The molecule has 0 saturated carbocycles. The van der Waals surface area contributed by atoms with Crippen LogP contribution in [0.3, 0.4) is 0 Å². The fraction of sp³-hybridized carbons (Fsp3) is 0.0556. The van der Waals surface area contributed by atoms with Crippen LogP contribution in [0.25, 0.3) is 11.4 Å². The minimum atomic E-state index is -0.709. The molecule has 0 aliphatic heterocycles. The maximum atomic E-state index is 12.4. The number of carbonyl (C=O) groups is 1. The number of ether oxygens (including phenoxy) is 1. The van der Waals surface area contributed by atoms with Gasteiger partial charge in [0.2, 0.25) is 0 Å². The molecule has 0 aliphatic rings. The molecule has 2 aromatic carbocycles. The van der Waals surface area contributed by atoms with Gasteiger partial charge in [-0.05, 0) is 23.8 Å². The number of carbonyl (C=O) groups excluding carboxylic acids is 1. The van der Waals surface area contributed by atoms with Gasteiger partial charge in [0.1, 0.15) is 17.4 Å². The Morgan fingerprint density at radius 1 is 1.04 bits per heavy atom. The molecule has 0 saturated heterocycles. The molecular weight excluding hydrogens is 397 g/mol. The predicted molar refractivity (Wildman–Crippen MR) is 102 cm³/mol. The number of rotatable bonds is 4. The van der Waals surface area contributed by atoms with Crippen LogP contribution < -0.4 is 5.73 Å². The second-order valence-electron chi connectivity index (χ2n) is 5.28. The summed E-state index contributed by atoms with van der Waals surface area (Å²) >= 11 is 18.2. The zero-order valence-corrected chi connectivity index (χ0v) is 15.5. The highest BCUT2D eigenvalue weighted by Gasteiger charge is 2.20. The average Bonchev–Trinajstić information content (AvgIpc) is 2.63. The van der Waals surface area contributed by atoms with Crippen LogP contribution in [0.15, 0.2) is 48.5 Å². The number of esters is 1. The number of hydrogen-bond acceptors (Lipinski definition) is 5. The van der Waals surface area contributed by atoms with Crippen LogP contribution in [0.4, 0.5) is 5.82 Å². The van der Waals surface area contributed by atoms with E-state index in [1.807, 2.05) is 30.3 Å². The third kappa shape index (κ3) is 4.07. The van der Waals surface area contributed by atoms with E-state index in [1.165, 1.54) is 0 Å². The van der Waals surface area contributed by atoms with Gasteiger partial charge in [-0.15, -0.1) is 0 Å². The van der Waals surface area contributed by atoms with Crippen molar-refractivity contribution >= 4 is 46.6 Å². The zero-order chi connectivity index (χ0) is 18.7. The number of nitrogens with two attached hydrogens (primary N) is 1. The molecule has 0 bridgehead atoms.